The molecule has 0 saturated carbocycles. The Hall–Kier alpha value is -2.59. The van der Waals surface area contributed by atoms with Crippen LogP contribution in [0.5, 0.6) is 5.75 Å². The number of hydrogen-bond donors (Lipinski definition) is 2. The van der Waals surface area contributed by atoms with Crippen LogP contribution in [-0.2, 0) is 21.6 Å². The van der Waals surface area contributed by atoms with Crippen LogP contribution in [0.3, 0.4) is 0 Å². The molecule has 1 atom stereocenters. The van der Waals surface area contributed by atoms with E-state index in [0.717, 1.165) is 34.1 Å². The molecule has 1 aromatic carbocycles. The summed E-state index contributed by atoms with van der Waals surface area (Å²) in [6.07, 6.45) is 2.09. The van der Waals surface area contributed by atoms with Crippen molar-refractivity contribution in [3.63, 3.8) is 0 Å². The molecule has 1 aliphatic heterocycles. The van der Waals surface area contributed by atoms with Crippen molar-refractivity contribution in [3.05, 3.63) is 28.5 Å². The number of halogens is 1. The van der Waals surface area contributed by atoms with Gasteiger partial charge < -0.3 is 19.6 Å². The molecule has 6 nitrogen and oxygen atoms in total. The lowest BCUT2D eigenvalue weighted by Crippen LogP contribution is -2.37. The van der Waals surface area contributed by atoms with Crippen LogP contribution in [0.25, 0.3) is 10.9 Å². The van der Waals surface area contributed by atoms with Gasteiger partial charge >= 0.3 is 5.97 Å². The smallest absolute Gasteiger partial charge is 0.306 e. The van der Waals surface area contributed by atoms with Gasteiger partial charge in [0.05, 0.1) is 49.2 Å². The van der Waals surface area contributed by atoms with Gasteiger partial charge in [0.1, 0.15) is 11.4 Å². The number of alkyl halides is 1. The Bertz CT molecular complexity index is 931. The molecule has 3 rings (SSSR count). The lowest BCUT2D eigenvalue weighted by Gasteiger charge is -2.36. The fraction of sp³-hybridized carbons (Fsp3) is 0.524. The van der Waals surface area contributed by atoms with Crippen LogP contribution in [0.15, 0.2) is 6.07 Å². The van der Waals surface area contributed by atoms with Crippen molar-refractivity contribution >= 4 is 16.9 Å². The molecule has 1 aliphatic rings. The van der Waals surface area contributed by atoms with E-state index < -0.39 is 18.2 Å². The average Bonchev–Trinajstić information content (AvgIpc) is 3.05. The summed E-state index contributed by atoms with van der Waals surface area (Å²) < 4.78 is 24.1. The highest BCUT2D eigenvalue weighted by molar-refractivity contribution is 5.94. The molecule has 150 valence electrons. The molecule has 0 spiro atoms. The minimum absolute atomic E-state index is 0.137. The normalized spacial score (nSPS) is 18.6. The van der Waals surface area contributed by atoms with E-state index in [1.165, 1.54) is 0 Å². The molecule has 0 saturated heterocycles. The van der Waals surface area contributed by atoms with Crippen molar-refractivity contribution in [1.29, 1.82) is 5.26 Å². The number of carboxylic acid groups (broad SMARTS) is 1. The highest BCUT2D eigenvalue weighted by atomic mass is 19.1. The van der Waals surface area contributed by atoms with Gasteiger partial charge in [0.25, 0.3) is 0 Å². The first kappa shape index (κ1) is 20.2. The lowest BCUT2D eigenvalue weighted by molar-refractivity contribution is -0.149. The number of nitriles is 1. The molecule has 0 amide bonds. The van der Waals surface area contributed by atoms with E-state index in [1.807, 2.05) is 13.8 Å². The fourth-order valence-corrected chi connectivity index (χ4v) is 4.16. The molecule has 1 aromatic heterocycles. The van der Waals surface area contributed by atoms with Gasteiger partial charge in [-0.05, 0) is 31.4 Å². The van der Waals surface area contributed by atoms with Gasteiger partial charge in [-0.15, -0.1) is 0 Å². The Morgan fingerprint density at radius 1 is 1.54 bits per heavy atom. The minimum Gasteiger partial charge on any atom is -0.493 e. The molecule has 0 fully saturated rings. The van der Waals surface area contributed by atoms with Crippen LogP contribution in [0.2, 0.25) is 0 Å². The lowest BCUT2D eigenvalue weighted by atomic mass is 9.84. The van der Waals surface area contributed by atoms with Gasteiger partial charge in [-0.3, -0.25) is 9.18 Å². The molecular formula is C21H25FN2O4. The number of aryl methyl sites for hydroxylation is 1. The summed E-state index contributed by atoms with van der Waals surface area (Å²) in [5, 5.41) is 20.0. The molecule has 2 aromatic rings. The Balaban J connectivity index is 2.21. The SMILES string of the molecule is CCCC1(CC(=O)O)OCCc2c1[nH]c1c(C)c(OCCCF)cc(C#N)c21. The first-order valence-corrected chi connectivity index (χ1v) is 9.60. The number of ether oxygens (including phenoxy) is 2. The molecule has 0 aliphatic carbocycles. The summed E-state index contributed by atoms with van der Waals surface area (Å²) in [7, 11) is 0. The number of aromatic nitrogens is 1. The summed E-state index contributed by atoms with van der Waals surface area (Å²) in [5.41, 5.74) is 2.82. The number of nitrogens with one attached hydrogen (secondary N) is 1. The van der Waals surface area contributed by atoms with E-state index in [0.29, 0.717) is 30.8 Å². The maximum atomic E-state index is 12.4. The van der Waals surface area contributed by atoms with E-state index in [1.54, 1.807) is 6.07 Å². The first-order chi connectivity index (χ1) is 13.5. The predicted octanol–water partition coefficient (Wildman–Crippen LogP) is 4.13. The van der Waals surface area contributed by atoms with Crippen LogP contribution in [0.1, 0.15) is 55.0 Å². The topological polar surface area (TPSA) is 95.3 Å². The fourth-order valence-electron chi connectivity index (χ4n) is 4.16. The number of rotatable bonds is 8. The van der Waals surface area contributed by atoms with Crippen LogP contribution < -0.4 is 4.74 Å². The predicted molar refractivity (Wildman–Crippen MR) is 102 cm³/mol. The molecule has 7 heteroatoms. The largest absolute Gasteiger partial charge is 0.493 e. The van der Waals surface area contributed by atoms with E-state index in [2.05, 4.69) is 11.1 Å². The van der Waals surface area contributed by atoms with E-state index in [-0.39, 0.29) is 19.4 Å². The van der Waals surface area contributed by atoms with Crippen LogP contribution in [0.4, 0.5) is 4.39 Å². The molecule has 1 unspecified atom stereocenters. The standard InChI is InChI=1S/C21H25FN2O4/c1-3-6-21(11-17(25)26)20-15(5-9-28-21)18-14(12-23)10-16(27-8-4-7-22)13(2)19(18)24-20/h10,24H,3-9,11H2,1-2H3,(H,25,26). The number of fused-ring (bicyclic) bond motifs is 3. The quantitative estimate of drug-likeness (QED) is 0.663. The average molecular weight is 388 g/mol. The Labute approximate surface area is 163 Å². The van der Waals surface area contributed by atoms with E-state index >= 15 is 0 Å². The second-order valence-corrected chi connectivity index (χ2v) is 7.19. The molecule has 2 heterocycles. The minimum atomic E-state index is -0.929. The van der Waals surface area contributed by atoms with Gasteiger partial charge in [-0.25, -0.2) is 0 Å². The number of aromatic amines is 1. The van der Waals surface area contributed by atoms with E-state index in [4.69, 9.17) is 9.47 Å². The van der Waals surface area contributed by atoms with Crippen LogP contribution in [-0.4, -0.2) is 35.9 Å². The van der Waals surface area contributed by atoms with Crippen molar-refractivity contribution in [2.45, 2.75) is 51.6 Å². The van der Waals surface area contributed by atoms with Crippen molar-refractivity contribution < 1.29 is 23.8 Å². The van der Waals surface area contributed by atoms with Crippen LogP contribution in [0, 0.1) is 18.3 Å². The van der Waals surface area contributed by atoms with Gasteiger partial charge in [0.2, 0.25) is 0 Å². The molecule has 0 bridgehead atoms. The maximum absolute atomic E-state index is 12.4. The molecule has 2 N–H and O–H groups in total. The van der Waals surface area contributed by atoms with Gasteiger partial charge in [0.15, 0.2) is 0 Å². The van der Waals surface area contributed by atoms with Gasteiger partial charge in [-0.1, -0.05) is 13.3 Å². The van der Waals surface area contributed by atoms with Crippen molar-refractivity contribution in [3.8, 4) is 11.8 Å². The third-order valence-corrected chi connectivity index (χ3v) is 5.33. The Kier molecular flexibility index (Phi) is 5.90. The maximum Gasteiger partial charge on any atom is 0.306 e. The second kappa shape index (κ2) is 8.19. The van der Waals surface area contributed by atoms with Crippen molar-refractivity contribution in [2.24, 2.45) is 0 Å². The third kappa shape index (κ3) is 3.45. The number of carboxylic acids is 1. The molecular weight excluding hydrogens is 363 g/mol. The summed E-state index contributed by atoms with van der Waals surface area (Å²) in [6.45, 7) is 4.06. The van der Waals surface area contributed by atoms with Crippen LogP contribution >= 0.6 is 0 Å². The van der Waals surface area contributed by atoms with Crippen molar-refractivity contribution in [2.75, 3.05) is 19.9 Å². The number of benzene rings is 1. The van der Waals surface area contributed by atoms with Gasteiger partial charge in [0, 0.05) is 17.4 Å². The summed E-state index contributed by atoms with van der Waals surface area (Å²) in [4.78, 5) is 14.9. The zero-order valence-corrected chi connectivity index (χ0v) is 16.2. The Morgan fingerprint density at radius 3 is 2.96 bits per heavy atom. The number of carbonyl (C=O) groups is 1. The number of hydrogen-bond acceptors (Lipinski definition) is 4. The highest BCUT2D eigenvalue weighted by Crippen LogP contribution is 2.44. The number of nitrogens with zero attached hydrogens (tertiary/aromatic N) is 1. The highest BCUT2D eigenvalue weighted by Gasteiger charge is 2.42. The summed E-state index contributed by atoms with van der Waals surface area (Å²) >= 11 is 0. The summed E-state index contributed by atoms with van der Waals surface area (Å²) in [6, 6.07) is 3.93. The first-order valence-electron chi connectivity index (χ1n) is 9.60. The van der Waals surface area contributed by atoms with E-state index in [9.17, 15) is 19.6 Å². The zero-order chi connectivity index (χ0) is 20.3. The van der Waals surface area contributed by atoms with Gasteiger partial charge in [-0.2, -0.15) is 5.26 Å². The Morgan fingerprint density at radius 2 is 2.32 bits per heavy atom. The zero-order valence-electron chi connectivity index (χ0n) is 16.2. The number of aliphatic carboxylic acids is 1. The number of H-pyrrole nitrogens is 1. The molecule has 28 heavy (non-hydrogen) atoms. The second-order valence-electron chi connectivity index (χ2n) is 7.19. The van der Waals surface area contributed by atoms with Crippen molar-refractivity contribution in [1.82, 2.24) is 4.98 Å². The molecule has 0 radical (unpaired) electrons. The monoisotopic (exact) mass is 388 g/mol. The third-order valence-electron chi connectivity index (χ3n) is 5.33. The summed E-state index contributed by atoms with van der Waals surface area (Å²) in [5.74, 6) is -0.385.